The first-order valence-electron chi connectivity index (χ1n) is 12.7. The molecule has 0 saturated carbocycles. The molecule has 1 unspecified atom stereocenters. The molecule has 12 nitrogen and oxygen atoms in total. The van der Waals surface area contributed by atoms with Gasteiger partial charge in [0.2, 0.25) is 15.9 Å². The summed E-state index contributed by atoms with van der Waals surface area (Å²) >= 11 is 0.860. The number of anilines is 2. The number of carboxylic acid groups (broad SMARTS) is 1. The minimum Gasteiger partial charge on any atom is -0.506 e. The van der Waals surface area contributed by atoms with Crippen molar-refractivity contribution in [3.63, 3.8) is 0 Å². The molecule has 5 N–H and O–H groups in total. The number of phenolic OH excluding ortho intramolecular Hbond substituents is 1. The Morgan fingerprint density at radius 2 is 1.80 bits per heavy atom. The fourth-order valence-corrected chi connectivity index (χ4v) is 6.34. The Bertz CT molecular complexity index is 1360. The molecule has 216 valence electrons. The minimum absolute atomic E-state index is 0.0145. The number of rotatable bonds is 11. The lowest BCUT2D eigenvalue weighted by atomic mass is 10.0. The van der Waals surface area contributed by atoms with Gasteiger partial charge in [-0.05, 0) is 54.7 Å². The van der Waals surface area contributed by atoms with Gasteiger partial charge >= 0.3 is 5.97 Å². The Kier molecular flexibility index (Phi) is 9.23. The number of benzene rings is 2. The van der Waals surface area contributed by atoms with Crippen molar-refractivity contribution in [3.05, 3.63) is 53.6 Å². The maximum atomic E-state index is 12.4. The highest BCUT2D eigenvalue weighted by atomic mass is 32.2. The molecule has 0 spiro atoms. The molecule has 0 radical (unpaired) electrons. The molecule has 2 aromatic carbocycles. The molecule has 2 atom stereocenters. The van der Waals surface area contributed by atoms with Crippen LogP contribution in [0.5, 0.6) is 5.75 Å². The number of piperidine rings is 1. The van der Waals surface area contributed by atoms with Crippen molar-refractivity contribution in [3.8, 4) is 5.75 Å². The Balaban J connectivity index is 1.24. The van der Waals surface area contributed by atoms with E-state index in [4.69, 9.17) is 5.11 Å². The number of nitrogens with one attached hydrogen (secondary N) is 2. The van der Waals surface area contributed by atoms with Crippen LogP contribution in [-0.4, -0.2) is 89.5 Å². The van der Waals surface area contributed by atoms with Gasteiger partial charge in [-0.1, -0.05) is 30.0 Å². The lowest BCUT2D eigenvalue weighted by Gasteiger charge is -2.34. The van der Waals surface area contributed by atoms with Crippen molar-refractivity contribution in [2.75, 3.05) is 42.1 Å². The molecule has 40 heavy (non-hydrogen) atoms. The number of sulfonamides is 1. The fraction of sp³-hybridized carbons (Fsp3) is 0.423. The van der Waals surface area contributed by atoms with Gasteiger partial charge in [0.15, 0.2) is 0 Å². The lowest BCUT2D eigenvalue weighted by molar-refractivity contribution is -0.141. The second-order valence-electron chi connectivity index (χ2n) is 9.90. The molecule has 2 fully saturated rings. The van der Waals surface area contributed by atoms with Gasteiger partial charge in [0.1, 0.15) is 12.3 Å². The van der Waals surface area contributed by atoms with E-state index in [2.05, 4.69) is 14.9 Å². The van der Waals surface area contributed by atoms with Crippen LogP contribution in [-0.2, 0) is 26.0 Å². The van der Waals surface area contributed by atoms with Crippen LogP contribution in [0.15, 0.2) is 42.5 Å². The Hall–Kier alpha value is -3.33. The van der Waals surface area contributed by atoms with Gasteiger partial charge in [-0.25, -0.2) is 8.42 Å². The number of hydrogen-bond acceptors (Lipinski definition) is 10. The van der Waals surface area contributed by atoms with Crippen molar-refractivity contribution < 1.29 is 38.1 Å². The summed E-state index contributed by atoms with van der Waals surface area (Å²) in [6, 6.07) is 12.3. The summed E-state index contributed by atoms with van der Waals surface area (Å²) in [6.07, 6.45) is 2.13. The number of aromatic hydroxyl groups is 1. The average molecular weight is 593 g/mol. The summed E-state index contributed by atoms with van der Waals surface area (Å²) in [5.41, 5.74) is 2.41. The zero-order chi connectivity index (χ0) is 29.0. The van der Waals surface area contributed by atoms with Crippen LogP contribution < -0.4 is 14.9 Å². The fourth-order valence-electron chi connectivity index (χ4n) is 4.74. The molecule has 0 aromatic heterocycles. The molecule has 4 rings (SSSR count). The maximum absolute atomic E-state index is 12.4. The molecule has 2 aromatic rings. The normalized spacial score (nSPS) is 19.2. The van der Waals surface area contributed by atoms with Crippen molar-refractivity contribution >= 4 is 50.3 Å². The molecule has 2 amide bonds. The molecule has 2 aliphatic heterocycles. The first kappa shape index (κ1) is 29.6. The number of amides is 2. The summed E-state index contributed by atoms with van der Waals surface area (Å²) < 4.78 is 25.2. The summed E-state index contributed by atoms with van der Waals surface area (Å²) in [5, 5.41) is 31.6. The minimum atomic E-state index is -3.58. The monoisotopic (exact) mass is 592 g/mol. The number of carbonyl (C=O) groups excluding carboxylic acids is 2. The Morgan fingerprint density at radius 3 is 2.42 bits per heavy atom. The number of hydrogen-bond donors (Lipinski definition) is 5. The molecular weight excluding hydrogens is 560 g/mol. The first-order valence-corrected chi connectivity index (χ1v) is 15.5. The Morgan fingerprint density at radius 1 is 1.12 bits per heavy atom. The van der Waals surface area contributed by atoms with Gasteiger partial charge in [-0.3, -0.25) is 24.0 Å². The number of thioether (sulfide) groups is 1. The topological polar surface area (TPSA) is 177 Å². The summed E-state index contributed by atoms with van der Waals surface area (Å²) in [5.74, 6) is -1.92. The van der Waals surface area contributed by atoms with Crippen LogP contribution in [0, 0.1) is 0 Å². The van der Waals surface area contributed by atoms with Crippen LogP contribution in [0.25, 0.3) is 0 Å². The number of aliphatic hydroxyl groups excluding tert-OH is 1. The van der Waals surface area contributed by atoms with E-state index in [1.54, 1.807) is 6.07 Å². The van der Waals surface area contributed by atoms with Gasteiger partial charge in [-0.15, -0.1) is 0 Å². The van der Waals surface area contributed by atoms with Crippen LogP contribution >= 0.6 is 11.8 Å². The van der Waals surface area contributed by atoms with Gasteiger partial charge in [-0.2, -0.15) is 0 Å². The zero-order valence-corrected chi connectivity index (χ0v) is 23.5. The second kappa shape index (κ2) is 12.5. The van der Waals surface area contributed by atoms with Crippen LogP contribution in [0.1, 0.15) is 30.1 Å². The highest BCUT2D eigenvalue weighted by Crippen LogP contribution is 2.31. The third kappa shape index (κ3) is 7.65. The Labute approximate surface area is 236 Å². The van der Waals surface area contributed by atoms with Crippen molar-refractivity contribution in [2.24, 2.45) is 0 Å². The van der Waals surface area contributed by atoms with E-state index in [1.807, 2.05) is 24.3 Å². The second-order valence-corrected chi connectivity index (χ2v) is 12.8. The number of nitrogens with zero attached hydrogens (tertiary/aromatic N) is 2. The summed E-state index contributed by atoms with van der Waals surface area (Å²) in [6.45, 7) is 1.24. The highest BCUT2D eigenvalue weighted by Gasteiger charge is 2.40. The number of aliphatic hydroxyl groups is 1. The third-order valence-electron chi connectivity index (χ3n) is 6.82. The number of phenols is 1. The molecule has 2 heterocycles. The van der Waals surface area contributed by atoms with Crippen LogP contribution in [0.4, 0.5) is 16.2 Å². The highest BCUT2D eigenvalue weighted by molar-refractivity contribution is 8.15. The van der Waals surface area contributed by atoms with Crippen molar-refractivity contribution in [1.29, 1.82) is 0 Å². The van der Waals surface area contributed by atoms with E-state index in [-0.39, 0.29) is 24.0 Å². The number of aliphatic carboxylic acids is 1. The quantitative estimate of drug-likeness (QED) is 0.240. The third-order valence-corrected chi connectivity index (χ3v) is 8.48. The van der Waals surface area contributed by atoms with E-state index in [0.717, 1.165) is 60.1 Å². The maximum Gasteiger partial charge on any atom is 0.323 e. The number of imide groups is 1. The number of carboxylic acids is 1. The lowest BCUT2D eigenvalue weighted by Crippen LogP contribution is -2.43. The summed E-state index contributed by atoms with van der Waals surface area (Å²) in [7, 11) is -3.58. The van der Waals surface area contributed by atoms with Crippen molar-refractivity contribution in [2.45, 2.75) is 36.7 Å². The first-order chi connectivity index (χ1) is 18.9. The van der Waals surface area contributed by atoms with E-state index in [1.165, 1.54) is 12.1 Å². The van der Waals surface area contributed by atoms with Crippen molar-refractivity contribution in [1.82, 2.24) is 10.2 Å². The molecule has 0 aliphatic carbocycles. The smallest absolute Gasteiger partial charge is 0.323 e. The molecule has 2 aliphatic rings. The average Bonchev–Trinajstić information content (AvgIpc) is 3.15. The summed E-state index contributed by atoms with van der Waals surface area (Å²) in [4.78, 5) is 38.3. The predicted molar refractivity (Wildman–Crippen MR) is 151 cm³/mol. The standard InChI is InChI=1S/C26H32N4O8S2/c1-40(37,38)28-20-13-17(4-7-21(20)31)22(32)14-27-18-8-10-29(11-9-18)19-5-2-16(3-6-19)12-23-25(35)30(15-24(33)34)26(36)39-23/h2-7,13,18,22-23,27-28,31-32H,8-12,14-15H2,1H3,(H,33,34)/t22-,23?/m0/s1. The largest absolute Gasteiger partial charge is 0.506 e. The predicted octanol–water partition coefficient (Wildman–Crippen LogP) is 1.75. The van der Waals surface area contributed by atoms with Crippen LogP contribution in [0.3, 0.4) is 0 Å². The van der Waals surface area contributed by atoms with E-state index in [9.17, 15) is 33.0 Å². The number of carbonyl (C=O) groups is 3. The molecular formula is C26H32N4O8S2. The van der Waals surface area contributed by atoms with Gasteiger partial charge < -0.3 is 25.5 Å². The van der Waals surface area contributed by atoms with Gasteiger partial charge in [0, 0.05) is 31.4 Å². The van der Waals surface area contributed by atoms with Gasteiger partial charge in [0.05, 0.1) is 23.3 Å². The van der Waals surface area contributed by atoms with Crippen LogP contribution in [0.2, 0.25) is 0 Å². The zero-order valence-electron chi connectivity index (χ0n) is 21.8. The molecule has 2 saturated heterocycles. The van der Waals surface area contributed by atoms with E-state index in [0.29, 0.717) is 12.0 Å². The molecule has 0 bridgehead atoms. The van der Waals surface area contributed by atoms with E-state index < -0.39 is 45.0 Å². The van der Waals surface area contributed by atoms with E-state index >= 15 is 0 Å². The van der Waals surface area contributed by atoms with Gasteiger partial charge in [0.25, 0.3) is 5.24 Å². The molecule has 14 heteroatoms. The SMILES string of the molecule is CS(=O)(=O)Nc1cc([C@@H](O)CNC2CCN(c3ccc(CC4SC(=O)N(CC(=O)O)C4=O)cc3)CC2)ccc1O.